The van der Waals surface area contributed by atoms with Gasteiger partial charge in [-0.3, -0.25) is 0 Å². The summed E-state index contributed by atoms with van der Waals surface area (Å²) < 4.78 is 5.10. The lowest BCUT2D eigenvalue weighted by atomic mass is 10.2. The maximum absolute atomic E-state index is 10.9. The molecule has 0 amide bonds. The number of imidazole rings is 1. The minimum atomic E-state index is -0.962. The van der Waals surface area contributed by atoms with Crippen LogP contribution >= 0.6 is 0 Å². The third kappa shape index (κ3) is 2.64. The molecule has 6 heteroatoms. The molecule has 0 aliphatic rings. The van der Waals surface area contributed by atoms with E-state index in [4.69, 9.17) is 9.84 Å². The number of fused-ring (bicyclic) bond motifs is 1. The van der Waals surface area contributed by atoms with Gasteiger partial charge < -0.3 is 20.1 Å². The van der Waals surface area contributed by atoms with Crippen LogP contribution in [0.3, 0.4) is 0 Å². The summed E-state index contributed by atoms with van der Waals surface area (Å²) in [5, 5.41) is 12.1. The zero-order chi connectivity index (χ0) is 14.8. The second kappa shape index (κ2) is 5.16. The quantitative estimate of drug-likeness (QED) is 0.685. The average Bonchev–Trinajstić information content (AvgIpc) is 2.89. The summed E-state index contributed by atoms with van der Waals surface area (Å²) in [5.74, 6) is 0.366. The van der Waals surface area contributed by atoms with Gasteiger partial charge in [0.05, 0.1) is 23.7 Å². The third-order valence-corrected chi connectivity index (χ3v) is 3.08. The zero-order valence-electron chi connectivity index (χ0n) is 11.3. The van der Waals surface area contributed by atoms with Crippen LogP contribution in [0.15, 0.2) is 42.5 Å². The molecule has 1 heterocycles. The van der Waals surface area contributed by atoms with Crippen LogP contribution < -0.4 is 10.1 Å². The summed E-state index contributed by atoms with van der Waals surface area (Å²) in [6, 6.07) is 12.2. The molecule has 21 heavy (non-hydrogen) atoms. The molecule has 3 rings (SSSR count). The monoisotopic (exact) mass is 283 g/mol. The lowest BCUT2D eigenvalue weighted by Crippen LogP contribution is -1.94. The van der Waals surface area contributed by atoms with Gasteiger partial charge in [-0.25, -0.2) is 9.78 Å². The molecule has 0 aliphatic carbocycles. The molecule has 0 aliphatic heterocycles. The topological polar surface area (TPSA) is 87.2 Å². The Kier molecular flexibility index (Phi) is 3.19. The number of hydrogen-bond acceptors (Lipinski definition) is 4. The van der Waals surface area contributed by atoms with Crippen molar-refractivity contribution in [3.63, 3.8) is 0 Å². The zero-order valence-corrected chi connectivity index (χ0v) is 11.3. The number of carboxylic acid groups (broad SMARTS) is 1. The fourth-order valence-electron chi connectivity index (χ4n) is 2.01. The maximum atomic E-state index is 10.9. The summed E-state index contributed by atoms with van der Waals surface area (Å²) >= 11 is 0. The number of hydrogen-bond donors (Lipinski definition) is 3. The van der Waals surface area contributed by atoms with E-state index in [9.17, 15) is 4.79 Å². The van der Waals surface area contributed by atoms with Crippen LogP contribution in [0, 0.1) is 0 Å². The number of nitrogens with one attached hydrogen (secondary N) is 2. The van der Waals surface area contributed by atoms with Crippen LogP contribution in [0.2, 0.25) is 0 Å². The van der Waals surface area contributed by atoms with Gasteiger partial charge in [0.15, 0.2) is 0 Å². The first-order chi connectivity index (χ1) is 10.2. The molecule has 0 atom stereocenters. The molecular formula is C15H13N3O3. The molecular weight excluding hydrogens is 270 g/mol. The van der Waals surface area contributed by atoms with Crippen molar-refractivity contribution in [2.24, 2.45) is 0 Å². The van der Waals surface area contributed by atoms with Gasteiger partial charge in [-0.1, -0.05) is 0 Å². The number of aromatic amines is 1. The number of anilines is 2. The Bertz CT molecular complexity index is 794. The summed E-state index contributed by atoms with van der Waals surface area (Å²) in [5.41, 5.74) is 2.46. The molecule has 0 spiro atoms. The SMILES string of the molecule is COc1ccc(Nc2nc3ccc(C(=O)O)cc3[nH]2)cc1. The summed E-state index contributed by atoms with van der Waals surface area (Å²) in [6.07, 6.45) is 0. The molecule has 0 saturated heterocycles. The van der Waals surface area contributed by atoms with Gasteiger partial charge >= 0.3 is 5.97 Å². The van der Waals surface area contributed by atoms with Crippen LogP contribution in [0.5, 0.6) is 5.75 Å². The van der Waals surface area contributed by atoms with Gasteiger partial charge in [-0.05, 0) is 42.5 Å². The molecule has 0 fully saturated rings. The number of carbonyl (C=O) groups is 1. The normalized spacial score (nSPS) is 10.5. The largest absolute Gasteiger partial charge is 0.497 e. The molecule has 6 nitrogen and oxygen atoms in total. The van der Waals surface area contributed by atoms with Crippen molar-refractivity contribution < 1.29 is 14.6 Å². The molecule has 1 aromatic heterocycles. The van der Waals surface area contributed by atoms with E-state index >= 15 is 0 Å². The summed E-state index contributed by atoms with van der Waals surface area (Å²) in [4.78, 5) is 18.4. The Labute approximate surface area is 120 Å². The van der Waals surface area contributed by atoms with Crippen molar-refractivity contribution in [2.75, 3.05) is 12.4 Å². The number of methoxy groups -OCH3 is 1. The van der Waals surface area contributed by atoms with Crippen LogP contribution in [0.1, 0.15) is 10.4 Å². The number of benzene rings is 2. The highest BCUT2D eigenvalue weighted by atomic mass is 16.5. The van der Waals surface area contributed by atoms with Gasteiger partial charge in [0.25, 0.3) is 0 Å². The Morgan fingerprint density at radius 1 is 1.24 bits per heavy atom. The first-order valence-corrected chi connectivity index (χ1v) is 6.30. The minimum Gasteiger partial charge on any atom is -0.497 e. The molecule has 2 aromatic carbocycles. The number of aromatic carboxylic acids is 1. The van der Waals surface area contributed by atoms with E-state index in [1.165, 1.54) is 6.07 Å². The van der Waals surface area contributed by atoms with Crippen LogP contribution in [0.25, 0.3) is 11.0 Å². The van der Waals surface area contributed by atoms with Crippen molar-refractivity contribution >= 4 is 28.6 Å². The number of nitrogens with zero attached hydrogens (tertiary/aromatic N) is 1. The Morgan fingerprint density at radius 3 is 2.67 bits per heavy atom. The Morgan fingerprint density at radius 2 is 2.00 bits per heavy atom. The predicted octanol–water partition coefficient (Wildman–Crippen LogP) is 3.01. The molecule has 3 N–H and O–H groups in total. The predicted molar refractivity (Wildman–Crippen MR) is 79.3 cm³/mol. The van der Waals surface area contributed by atoms with E-state index in [1.807, 2.05) is 24.3 Å². The van der Waals surface area contributed by atoms with E-state index in [1.54, 1.807) is 19.2 Å². The van der Waals surface area contributed by atoms with E-state index in [0.29, 0.717) is 17.0 Å². The molecule has 0 radical (unpaired) electrons. The van der Waals surface area contributed by atoms with Crippen molar-refractivity contribution in [1.29, 1.82) is 0 Å². The smallest absolute Gasteiger partial charge is 0.335 e. The number of aromatic nitrogens is 2. The first-order valence-electron chi connectivity index (χ1n) is 6.30. The van der Waals surface area contributed by atoms with Crippen molar-refractivity contribution in [1.82, 2.24) is 9.97 Å². The highest BCUT2D eigenvalue weighted by Gasteiger charge is 2.07. The average molecular weight is 283 g/mol. The Hall–Kier alpha value is -3.02. The Balaban J connectivity index is 1.88. The van der Waals surface area contributed by atoms with Crippen LogP contribution in [0.4, 0.5) is 11.6 Å². The minimum absolute atomic E-state index is 0.224. The van der Waals surface area contributed by atoms with Gasteiger partial charge in [-0.15, -0.1) is 0 Å². The van der Waals surface area contributed by atoms with E-state index in [2.05, 4.69) is 15.3 Å². The number of rotatable bonds is 4. The van der Waals surface area contributed by atoms with Gasteiger partial charge in [0.2, 0.25) is 5.95 Å². The molecule has 0 bridgehead atoms. The van der Waals surface area contributed by atoms with Crippen LogP contribution in [-0.4, -0.2) is 28.2 Å². The van der Waals surface area contributed by atoms with Crippen molar-refractivity contribution in [2.45, 2.75) is 0 Å². The summed E-state index contributed by atoms with van der Waals surface area (Å²) in [7, 11) is 1.61. The van der Waals surface area contributed by atoms with E-state index < -0.39 is 5.97 Å². The molecule has 0 saturated carbocycles. The van der Waals surface area contributed by atoms with E-state index in [0.717, 1.165) is 11.4 Å². The van der Waals surface area contributed by atoms with E-state index in [-0.39, 0.29) is 5.56 Å². The van der Waals surface area contributed by atoms with Crippen molar-refractivity contribution in [3.05, 3.63) is 48.0 Å². The highest BCUT2D eigenvalue weighted by Crippen LogP contribution is 2.21. The van der Waals surface area contributed by atoms with Gasteiger partial charge in [-0.2, -0.15) is 0 Å². The highest BCUT2D eigenvalue weighted by molar-refractivity contribution is 5.92. The van der Waals surface area contributed by atoms with Gasteiger partial charge in [0.1, 0.15) is 5.75 Å². The maximum Gasteiger partial charge on any atom is 0.335 e. The number of H-pyrrole nitrogens is 1. The fourth-order valence-corrected chi connectivity index (χ4v) is 2.01. The lowest BCUT2D eigenvalue weighted by Gasteiger charge is -2.03. The van der Waals surface area contributed by atoms with Crippen molar-refractivity contribution in [3.8, 4) is 5.75 Å². The third-order valence-electron chi connectivity index (χ3n) is 3.08. The van der Waals surface area contributed by atoms with Gasteiger partial charge in [0, 0.05) is 5.69 Å². The molecule has 3 aromatic rings. The molecule has 0 unspecified atom stereocenters. The number of carboxylic acids is 1. The second-order valence-electron chi connectivity index (χ2n) is 4.48. The lowest BCUT2D eigenvalue weighted by molar-refractivity contribution is 0.0697. The van der Waals surface area contributed by atoms with Crippen LogP contribution in [-0.2, 0) is 0 Å². The fraction of sp³-hybridized carbons (Fsp3) is 0.0667. The second-order valence-corrected chi connectivity index (χ2v) is 4.48. The standard InChI is InChI=1S/C15H13N3O3/c1-21-11-5-3-10(4-6-11)16-15-17-12-7-2-9(14(19)20)8-13(12)18-15/h2-8H,1H3,(H,19,20)(H2,16,17,18). The first kappa shape index (κ1) is 13.0. The summed E-state index contributed by atoms with van der Waals surface area (Å²) in [6.45, 7) is 0. The number of ether oxygens (including phenoxy) is 1. The molecule has 106 valence electrons.